The van der Waals surface area contributed by atoms with Gasteiger partial charge in [0, 0.05) is 6.20 Å². The number of esters is 1. The van der Waals surface area contributed by atoms with Gasteiger partial charge in [0.2, 0.25) is 0 Å². The Labute approximate surface area is 82.9 Å². The van der Waals surface area contributed by atoms with E-state index in [-0.39, 0.29) is 5.69 Å². The maximum atomic E-state index is 11.3. The van der Waals surface area contributed by atoms with Crippen LogP contribution < -0.4 is 4.74 Å². The zero-order valence-electron chi connectivity index (χ0n) is 8.53. The minimum Gasteiger partial charge on any atom is -0.494 e. The lowest BCUT2D eigenvalue weighted by atomic mass is 10.1. The molecule has 0 aliphatic rings. The van der Waals surface area contributed by atoms with E-state index in [0.29, 0.717) is 5.75 Å². The third kappa shape index (κ3) is 1.84. The quantitative estimate of drug-likeness (QED) is 0.685. The Morgan fingerprint density at radius 3 is 2.71 bits per heavy atom. The van der Waals surface area contributed by atoms with Gasteiger partial charge in [-0.05, 0) is 18.1 Å². The van der Waals surface area contributed by atoms with Crippen molar-refractivity contribution in [2.75, 3.05) is 14.2 Å². The predicted molar refractivity (Wildman–Crippen MR) is 51.5 cm³/mol. The van der Waals surface area contributed by atoms with E-state index < -0.39 is 5.97 Å². The van der Waals surface area contributed by atoms with Gasteiger partial charge in [0.1, 0.15) is 0 Å². The monoisotopic (exact) mass is 195 g/mol. The maximum Gasteiger partial charge on any atom is 0.360 e. The van der Waals surface area contributed by atoms with Crippen molar-refractivity contribution >= 4 is 5.97 Å². The molecule has 1 rings (SSSR count). The van der Waals surface area contributed by atoms with Gasteiger partial charge in [-0.2, -0.15) is 0 Å². The van der Waals surface area contributed by atoms with Crippen LogP contribution in [0.3, 0.4) is 0 Å². The van der Waals surface area contributed by atoms with Crippen LogP contribution in [0.15, 0.2) is 12.3 Å². The molecule has 0 radical (unpaired) electrons. The summed E-state index contributed by atoms with van der Waals surface area (Å²) in [6, 6.07) is 1.82. The number of aryl methyl sites for hydroxylation is 1. The second-order valence-electron chi connectivity index (χ2n) is 2.70. The molecule has 0 spiro atoms. The van der Waals surface area contributed by atoms with Crippen LogP contribution in [0.25, 0.3) is 0 Å². The minimum absolute atomic E-state index is 0.231. The molecular formula is C10H13NO3. The molecule has 0 saturated carbocycles. The van der Waals surface area contributed by atoms with E-state index in [1.807, 2.05) is 13.0 Å². The van der Waals surface area contributed by atoms with Crippen LogP contribution in [-0.4, -0.2) is 25.2 Å². The largest absolute Gasteiger partial charge is 0.494 e. The van der Waals surface area contributed by atoms with Crippen molar-refractivity contribution in [1.29, 1.82) is 0 Å². The molecule has 1 aromatic rings. The number of pyridine rings is 1. The van der Waals surface area contributed by atoms with Crippen LogP contribution in [0, 0.1) is 0 Å². The van der Waals surface area contributed by atoms with Crippen molar-refractivity contribution in [3.63, 3.8) is 0 Å². The van der Waals surface area contributed by atoms with Crippen molar-refractivity contribution in [3.05, 3.63) is 23.5 Å². The average molecular weight is 195 g/mol. The van der Waals surface area contributed by atoms with Crippen molar-refractivity contribution < 1.29 is 14.3 Å². The average Bonchev–Trinajstić information content (AvgIpc) is 2.26. The standard InChI is InChI=1S/C10H13NO3/c1-4-7-5-6-11-8(9(7)13-2)10(12)14-3/h5-6H,4H2,1-3H3. The van der Waals surface area contributed by atoms with E-state index in [1.165, 1.54) is 14.2 Å². The number of nitrogens with zero attached hydrogens (tertiary/aromatic N) is 1. The first kappa shape index (κ1) is 10.5. The number of methoxy groups -OCH3 is 2. The fourth-order valence-corrected chi connectivity index (χ4v) is 1.24. The lowest BCUT2D eigenvalue weighted by Gasteiger charge is -2.09. The Morgan fingerprint density at radius 1 is 1.50 bits per heavy atom. The minimum atomic E-state index is -0.475. The van der Waals surface area contributed by atoms with Crippen molar-refractivity contribution in [3.8, 4) is 5.75 Å². The predicted octanol–water partition coefficient (Wildman–Crippen LogP) is 1.44. The normalized spacial score (nSPS) is 9.64. The molecule has 0 aliphatic heterocycles. The molecule has 0 aliphatic carbocycles. The Morgan fingerprint density at radius 2 is 2.21 bits per heavy atom. The molecule has 0 bridgehead atoms. The number of hydrogen-bond acceptors (Lipinski definition) is 4. The molecule has 4 nitrogen and oxygen atoms in total. The van der Waals surface area contributed by atoms with E-state index in [2.05, 4.69) is 9.72 Å². The summed E-state index contributed by atoms with van der Waals surface area (Å²) in [6.07, 6.45) is 2.36. The summed E-state index contributed by atoms with van der Waals surface area (Å²) in [7, 11) is 2.84. The van der Waals surface area contributed by atoms with Gasteiger partial charge in [0.05, 0.1) is 14.2 Å². The first-order chi connectivity index (χ1) is 6.74. The molecule has 14 heavy (non-hydrogen) atoms. The van der Waals surface area contributed by atoms with Gasteiger partial charge in [-0.1, -0.05) is 6.92 Å². The summed E-state index contributed by atoms with van der Waals surface area (Å²) in [5.74, 6) is 0.0269. The van der Waals surface area contributed by atoms with E-state index >= 15 is 0 Å². The molecule has 4 heteroatoms. The molecule has 0 saturated heterocycles. The van der Waals surface area contributed by atoms with Crippen molar-refractivity contribution in [2.24, 2.45) is 0 Å². The van der Waals surface area contributed by atoms with Crippen LogP contribution in [0.2, 0.25) is 0 Å². The number of rotatable bonds is 3. The van der Waals surface area contributed by atoms with E-state index in [1.54, 1.807) is 6.20 Å². The van der Waals surface area contributed by atoms with Gasteiger partial charge in [0.25, 0.3) is 0 Å². The highest BCUT2D eigenvalue weighted by atomic mass is 16.5. The topological polar surface area (TPSA) is 48.4 Å². The molecule has 0 aromatic carbocycles. The molecule has 0 unspecified atom stereocenters. The van der Waals surface area contributed by atoms with E-state index in [9.17, 15) is 4.79 Å². The van der Waals surface area contributed by atoms with Gasteiger partial charge in [-0.3, -0.25) is 0 Å². The molecule has 0 atom stereocenters. The molecule has 1 aromatic heterocycles. The smallest absolute Gasteiger partial charge is 0.360 e. The fraction of sp³-hybridized carbons (Fsp3) is 0.400. The van der Waals surface area contributed by atoms with Gasteiger partial charge >= 0.3 is 5.97 Å². The van der Waals surface area contributed by atoms with E-state index in [4.69, 9.17) is 4.74 Å². The Bertz CT molecular complexity index is 336. The number of hydrogen-bond donors (Lipinski definition) is 0. The lowest BCUT2D eigenvalue weighted by molar-refractivity contribution is 0.0590. The van der Waals surface area contributed by atoms with Gasteiger partial charge < -0.3 is 9.47 Å². The molecule has 0 amide bonds. The highest BCUT2D eigenvalue weighted by Gasteiger charge is 2.16. The maximum absolute atomic E-state index is 11.3. The van der Waals surface area contributed by atoms with Crippen molar-refractivity contribution in [1.82, 2.24) is 4.98 Å². The summed E-state index contributed by atoms with van der Waals surface area (Å²) in [6.45, 7) is 1.99. The first-order valence-corrected chi connectivity index (χ1v) is 4.34. The SMILES string of the molecule is CCc1ccnc(C(=O)OC)c1OC. The molecule has 76 valence electrons. The van der Waals surface area contributed by atoms with Crippen molar-refractivity contribution in [2.45, 2.75) is 13.3 Å². The number of ether oxygens (including phenoxy) is 2. The number of carbonyl (C=O) groups is 1. The number of carbonyl (C=O) groups excluding carboxylic acids is 1. The van der Waals surface area contributed by atoms with Crippen LogP contribution in [-0.2, 0) is 11.2 Å². The summed E-state index contributed by atoms with van der Waals surface area (Å²) in [5.41, 5.74) is 1.18. The van der Waals surface area contributed by atoms with Crippen LogP contribution in [0.5, 0.6) is 5.75 Å². The zero-order valence-corrected chi connectivity index (χ0v) is 8.53. The second kappa shape index (κ2) is 4.60. The highest BCUT2D eigenvalue weighted by molar-refractivity contribution is 5.90. The molecular weight excluding hydrogens is 182 g/mol. The molecule has 1 heterocycles. The third-order valence-electron chi connectivity index (χ3n) is 1.95. The molecule has 0 N–H and O–H groups in total. The number of aromatic nitrogens is 1. The van der Waals surface area contributed by atoms with Crippen LogP contribution >= 0.6 is 0 Å². The molecule has 0 fully saturated rings. The summed E-state index contributed by atoms with van der Waals surface area (Å²) in [4.78, 5) is 15.2. The van der Waals surface area contributed by atoms with Crippen LogP contribution in [0.4, 0.5) is 0 Å². The van der Waals surface area contributed by atoms with Crippen LogP contribution in [0.1, 0.15) is 23.0 Å². The Balaban J connectivity index is 3.21. The third-order valence-corrected chi connectivity index (χ3v) is 1.95. The summed E-state index contributed by atoms with van der Waals surface area (Å²) < 4.78 is 9.72. The summed E-state index contributed by atoms with van der Waals surface area (Å²) >= 11 is 0. The zero-order chi connectivity index (χ0) is 10.6. The highest BCUT2D eigenvalue weighted by Crippen LogP contribution is 2.22. The second-order valence-corrected chi connectivity index (χ2v) is 2.70. The van der Waals surface area contributed by atoms with Gasteiger partial charge in [-0.25, -0.2) is 9.78 Å². The van der Waals surface area contributed by atoms with E-state index in [0.717, 1.165) is 12.0 Å². The fourth-order valence-electron chi connectivity index (χ4n) is 1.24. The lowest BCUT2D eigenvalue weighted by Crippen LogP contribution is -2.08. The summed E-state index contributed by atoms with van der Waals surface area (Å²) in [5, 5.41) is 0. The first-order valence-electron chi connectivity index (χ1n) is 4.34. The Hall–Kier alpha value is -1.58. The van der Waals surface area contributed by atoms with Gasteiger partial charge in [0.15, 0.2) is 11.4 Å². The Kier molecular flexibility index (Phi) is 3.45. The van der Waals surface area contributed by atoms with Gasteiger partial charge in [-0.15, -0.1) is 0 Å².